The number of benzene rings is 1. The van der Waals surface area contributed by atoms with E-state index < -0.39 is 0 Å². The molecule has 1 atom stereocenters. The van der Waals surface area contributed by atoms with Crippen molar-refractivity contribution >= 4 is 17.4 Å². The molecule has 0 saturated heterocycles. The van der Waals surface area contributed by atoms with Crippen LogP contribution in [0, 0.1) is 0 Å². The number of rotatable bonds is 6. The van der Waals surface area contributed by atoms with Gasteiger partial charge in [0.2, 0.25) is 0 Å². The lowest BCUT2D eigenvalue weighted by atomic mass is 10.0. The van der Waals surface area contributed by atoms with Gasteiger partial charge in [0.1, 0.15) is 11.5 Å². The molecule has 0 amide bonds. The number of Topliss-reactive ketones (excluding diaryl/α,β-unsaturated/α-hetero) is 1. The molecule has 94 valence electrons. The Balaban J connectivity index is 2.66. The number of carbonyl (C=O) groups excluding carboxylic acids is 1. The molecule has 4 heteroatoms. The van der Waals surface area contributed by atoms with Crippen LogP contribution in [0.25, 0.3) is 0 Å². The van der Waals surface area contributed by atoms with Crippen molar-refractivity contribution in [2.24, 2.45) is 5.73 Å². The summed E-state index contributed by atoms with van der Waals surface area (Å²) < 4.78 is 5.19. The highest BCUT2D eigenvalue weighted by Crippen LogP contribution is 2.23. The molecule has 17 heavy (non-hydrogen) atoms. The molecule has 0 bridgehead atoms. The van der Waals surface area contributed by atoms with Gasteiger partial charge in [-0.1, -0.05) is 11.6 Å². The third kappa shape index (κ3) is 4.75. The monoisotopic (exact) mass is 255 g/mol. The van der Waals surface area contributed by atoms with E-state index in [1.807, 2.05) is 6.92 Å². The second-order valence-electron chi connectivity index (χ2n) is 4.19. The van der Waals surface area contributed by atoms with Crippen LogP contribution in [0.5, 0.6) is 5.75 Å². The van der Waals surface area contributed by atoms with Gasteiger partial charge in [0.25, 0.3) is 0 Å². The lowest BCUT2D eigenvalue weighted by Crippen LogP contribution is -2.17. The smallest absolute Gasteiger partial charge is 0.137 e. The van der Waals surface area contributed by atoms with Gasteiger partial charge in [0.05, 0.1) is 7.11 Å². The van der Waals surface area contributed by atoms with Gasteiger partial charge in [-0.2, -0.15) is 0 Å². The van der Waals surface area contributed by atoms with Crippen LogP contribution in [0.15, 0.2) is 18.2 Å². The quantitative estimate of drug-likeness (QED) is 0.850. The average molecular weight is 256 g/mol. The van der Waals surface area contributed by atoms with Crippen LogP contribution in [0.1, 0.15) is 25.3 Å². The van der Waals surface area contributed by atoms with Crippen LogP contribution in [-0.2, 0) is 11.2 Å². The molecule has 1 aromatic rings. The molecule has 2 N–H and O–H groups in total. The second-order valence-corrected chi connectivity index (χ2v) is 4.62. The van der Waals surface area contributed by atoms with Gasteiger partial charge in [0.15, 0.2) is 0 Å². The van der Waals surface area contributed by atoms with Crippen molar-refractivity contribution in [1.29, 1.82) is 0 Å². The number of carbonyl (C=O) groups is 1. The first-order valence-corrected chi connectivity index (χ1v) is 6.00. The Kier molecular flexibility index (Phi) is 5.45. The maximum absolute atomic E-state index is 11.7. The molecule has 3 nitrogen and oxygen atoms in total. The van der Waals surface area contributed by atoms with Crippen LogP contribution >= 0.6 is 11.6 Å². The largest absolute Gasteiger partial charge is 0.496 e. The van der Waals surface area contributed by atoms with Crippen molar-refractivity contribution in [2.45, 2.75) is 32.2 Å². The summed E-state index contributed by atoms with van der Waals surface area (Å²) in [5, 5.41) is 0.612. The summed E-state index contributed by atoms with van der Waals surface area (Å²) in [4.78, 5) is 11.7. The number of hydrogen-bond donors (Lipinski definition) is 1. The molecule has 0 aliphatic rings. The maximum atomic E-state index is 11.7. The van der Waals surface area contributed by atoms with Crippen molar-refractivity contribution in [3.8, 4) is 5.75 Å². The Bertz CT molecular complexity index is 391. The second kappa shape index (κ2) is 6.62. The predicted octanol–water partition coefficient (Wildman–Crippen LogP) is 2.59. The first-order valence-electron chi connectivity index (χ1n) is 5.62. The number of ether oxygens (including phenoxy) is 1. The van der Waals surface area contributed by atoms with Crippen molar-refractivity contribution in [2.75, 3.05) is 7.11 Å². The highest BCUT2D eigenvalue weighted by molar-refractivity contribution is 6.30. The van der Waals surface area contributed by atoms with Gasteiger partial charge in [-0.15, -0.1) is 0 Å². The van der Waals surface area contributed by atoms with Gasteiger partial charge in [-0.25, -0.2) is 0 Å². The van der Waals surface area contributed by atoms with E-state index in [0.29, 0.717) is 30.0 Å². The minimum Gasteiger partial charge on any atom is -0.496 e. The van der Waals surface area contributed by atoms with Crippen LogP contribution in [0.3, 0.4) is 0 Å². The van der Waals surface area contributed by atoms with Crippen molar-refractivity contribution in [1.82, 2.24) is 0 Å². The normalized spacial score (nSPS) is 12.2. The van der Waals surface area contributed by atoms with Crippen molar-refractivity contribution in [3.05, 3.63) is 28.8 Å². The molecular formula is C13H18ClNO2. The Hall–Kier alpha value is -1.06. The zero-order valence-corrected chi connectivity index (χ0v) is 11.0. The lowest BCUT2D eigenvalue weighted by Gasteiger charge is -2.09. The third-order valence-electron chi connectivity index (χ3n) is 2.51. The summed E-state index contributed by atoms with van der Waals surface area (Å²) >= 11 is 5.90. The van der Waals surface area contributed by atoms with Gasteiger partial charge in [0, 0.05) is 29.5 Å². The summed E-state index contributed by atoms with van der Waals surface area (Å²) in [5.41, 5.74) is 6.44. The first-order chi connectivity index (χ1) is 8.02. The summed E-state index contributed by atoms with van der Waals surface area (Å²) in [6.07, 6.45) is 1.55. The lowest BCUT2D eigenvalue weighted by molar-refractivity contribution is -0.118. The van der Waals surface area contributed by atoms with E-state index in [2.05, 4.69) is 0 Å². The molecule has 1 unspecified atom stereocenters. The Morgan fingerprint density at radius 1 is 1.53 bits per heavy atom. The van der Waals surface area contributed by atoms with E-state index in [-0.39, 0.29) is 11.8 Å². The van der Waals surface area contributed by atoms with Crippen molar-refractivity contribution < 1.29 is 9.53 Å². The van der Waals surface area contributed by atoms with Crippen LogP contribution in [0.4, 0.5) is 0 Å². The number of nitrogens with two attached hydrogens (primary N) is 1. The van der Waals surface area contributed by atoms with Crippen LogP contribution in [0.2, 0.25) is 5.02 Å². The van der Waals surface area contributed by atoms with Crippen molar-refractivity contribution in [3.63, 3.8) is 0 Å². The van der Waals surface area contributed by atoms with Crippen LogP contribution < -0.4 is 10.5 Å². The minimum atomic E-state index is 0.0557. The topological polar surface area (TPSA) is 52.3 Å². The molecule has 0 aliphatic carbocycles. The molecule has 0 saturated carbocycles. The van der Waals surface area contributed by atoms with Gasteiger partial charge < -0.3 is 10.5 Å². The fraction of sp³-hybridized carbons (Fsp3) is 0.462. The van der Waals surface area contributed by atoms with Gasteiger partial charge in [-0.3, -0.25) is 4.79 Å². The Morgan fingerprint density at radius 3 is 2.82 bits per heavy atom. The van der Waals surface area contributed by atoms with E-state index >= 15 is 0 Å². The third-order valence-corrected chi connectivity index (χ3v) is 2.74. The van der Waals surface area contributed by atoms with Gasteiger partial charge in [-0.05, 0) is 31.5 Å². The maximum Gasteiger partial charge on any atom is 0.137 e. The Morgan fingerprint density at radius 2 is 2.24 bits per heavy atom. The SMILES string of the molecule is COc1ccc(Cl)cc1CC(=O)CCC(C)N. The predicted molar refractivity (Wildman–Crippen MR) is 69.6 cm³/mol. The highest BCUT2D eigenvalue weighted by atomic mass is 35.5. The van der Waals surface area contributed by atoms with E-state index in [4.69, 9.17) is 22.1 Å². The fourth-order valence-electron chi connectivity index (χ4n) is 1.57. The summed E-state index contributed by atoms with van der Waals surface area (Å²) in [7, 11) is 1.58. The standard InChI is InChI=1S/C13H18ClNO2/c1-9(15)3-5-12(16)8-10-7-11(14)4-6-13(10)17-2/h4,6-7,9H,3,5,8,15H2,1-2H3. The van der Waals surface area contributed by atoms with Gasteiger partial charge >= 0.3 is 0 Å². The number of methoxy groups -OCH3 is 1. The molecule has 0 radical (unpaired) electrons. The summed E-state index contributed by atoms with van der Waals surface area (Å²) in [6.45, 7) is 1.90. The first kappa shape index (κ1) is 14.0. The van der Waals surface area contributed by atoms with E-state index in [1.165, 1.54) is 0 Å². The fourth-order valence-corrected chi connectivity index (χ4v) is 1.77. The zero-order chi connectivity index (χ0) is 12.8. The number of halogens is 1. The molecule has 1 rings (SSSR count). The molecule has 0 heterocycles. The number of ketones is 1. The molecule has 0 fully saturated rings. The summed E-state index contributed by atoms with van der Waals surface area (Å²) in [6, 6.07) is 5.34. The highest BCUT2D eigenvalue weighted by Gasteiger charge is 2.10. The molecule has 0 spiro atoms. The molecular weight excluding hydrogens is 238 g/mol. The summed E-state index contributed by atoms with van der Waals surface area (Å²) in [5.74, 6) is 0.853. The van der Waals surface area contributed by atoms with E-state index in [0.717, 1.165) is 5.56 Å². The average Bonchev–Trinajstić information content (AvgIpc) is 2.27. The Labute approximate surface area is 107 Å². The molecule has 1 aromatic carbocycles. The van der Waals surface area contributed by atoms with E-state index in [9.17, 15) is 4.79 Å². The molecule has 0 aromatic heterocycles. The van der Waals surface area contributed by atoms with Crippen LogP contribution in [-0.4, -0.2) is 18.9 Å². The van der Waals surface area contributed by atoms with E-state index in [1.54, 1.807) is 25.3 Å². The number of hydrogen-bond acceptors (Lipinski definition) is 3. The zero-order valence-electron chi connectivity index (χ0n) is 10.2. The minimum absolute atomic E-state index is 0.0557. The molecule has 0 aliphatic heterocycles.